The van der Waals surface area contributed by atoms with Crippen LogP contribution in [0.25, 0.3) is 0 Å². The maximum absolute atomic E-state index is 14.1. The third kappa shape index (κ3) is 7.36. The zero-order valence-electron chi connectivity index (χ0n) is 18.4. The van der Waals surface area contributed by atoms with Crippen molar-refractivity contribution < 1.29 is 22.4 Å². The molecular formula is C24H30FN3O4S. The van der Waals surface area contributed by atoms with Gasteiger partial charge in [-0.15, -0.1) is 0 Å². The van der Waals surface area contributed by atoms with Crippen LogP contribution in [0.15, 0.2) is 59.5 Å². The number of carbonyl (C=O) groups is 2. The summed E-state index contributed by atoms with van der Waals surface area (Å²) in [6.07, 6.45) is 5.13. The van der Waals surface area contributed by atoms with E-state index in [1.165, 1.54) is 12.1 Å². The highest BCUT2D eigenvalue weighted by Gasteiger charge is 2.28. The van der Waals surface area contributed by atoms with Gasteiger partial charge in [0.2, 0.25) is 21.8 Å². The number of nitrogens with one attached hydrogen (secondary N) is 3. The quantitative estimate of drug-likeness (QED) is 0.459. The third-order valence-electron chi connectivity index (χ3n) is 5.72. The van der Waals surface area contributed by atoms with Crippen molar-refractivity contribution in [3.8, 4) is 0 Å². The lowest BCUT2D eigenvalue weighted by Gasteiger charge is -2.21. The fourth-order valence-electron chi connectivity index (χ4n) is 3.95. The Kier molecular flexibility index (Phi) is 8.96. The molecule has 0 bridgehead atoms. The fraction of sp³-hybridized carbons (Fsp3) is 0.417. The predicted octanol–water partition coefficient (Wildman–Crippen LogP) is 2.53. The molecule has 1 aliphatic carbocycles. The second kappa shape index (κ2) is 11.9. The summed E-state index contributed by atoms with van der Waals surface area (Å²) in [5.74, 6) is -1.43. The van der Waals surface area contributed by atoms with Crippen molar-refractivity contribution in [1.82, 2.24) is 15.4 Å². The molecule has 178 valence electrons. The summed E-state index contributed by atoms with van der Waals surface area (Å²) in [5, 5.41) is 5.51. The molecule has 0 aromatic heterocycles. The van der Waals surface area contributed by atoms with Gasteiger partial charge >= 0.3 is 0 Å². The Balaban J connectivity index is 1.61. The van der Waals surface area contributed by atoms with Crippen molar-refractivity contribution in [3.63, 3.8) is 0 Å². The molecule has 2 aromatic rings. The number of rotatable bonds is 10. The SMILES string of the molecule is O=C(NCCNC(=O)C(Cc1ccccc1)NS(=O)(=O)c1ccccc1F)C1CCCCC1. The summed E-state index contributed by atoms with van der Waals surface area (Å²) in [7, 11) is -4.27. The summed E-state index contributed by atoms with van der Waals surface area (Å²) in [6.45, 7) is 0.406. The monoisotopic (exact) mass is 475 g/mol. The average Bonchev–Trinajstić information content (AvgIpc) is 2.82. The van der Waals surface area contributed by atoms with Gasteiger partial charge in [-0.05, 0) is 37.0 Å². The van der Waals surface area contributed by atoms with Gasteiger partial charge in [0.05, 0.1) is 0 Å². The Morgan fingerprint density at radius 1 is 0.909 bits per heavy atom. The van der Waals surface area contributed by atoms with Crippen molar-refractivity contribution >= 4 is 21.8 Å². The van der Waals surface area contributed by atoms with Gasteiger partial charge in [-0.25, -0.2) is 12.8 Å². The summed E-state index contributed by atoms with van der Waals surface area (Å²) in [6, 6.07) is 12.8. The number of hydrogen-bond donors (Lipinski definition) is 3. The molecule has 33 heavy (non-hydrogen) atoms. The Morgan fingerprint density at radius 2 is 1.55 bits per heavy atom. The van der Waals surface area contributed by atoms with Crippen molar-refractivity contribution in [2.75, 3.05) is 13.1 Å². The first kappa shape index (κ1) is 24.9. The maximum atomic E-state index is 14.1. The highest BCUT2D eigenvalue weighted by molar-refractivity contribution is 7.89. The summed E-state index contributed by atoms with van der Waals surface area (Å²) >= 11 is 0. The van der Waals surface area contributed by atoms with Crippen LogP contribution in [0, 0.1) is 11.7 Å². The zero-order valence-corrected chi connectivity index (χ0v) is 19.2. The Labute approximate surface area is 194 Å². The van der Waals surface area contributed by atoms with Crippen molar-refractivity contribution in [3.05, 3.63) is 66.0 Å². The second-order valence-corrected chi connectivity index (χ2v) is 9.89. The number of carbonyl (C=O) groups excluding carboxylic acids is 2. The summed E-state index contributed by atoms with van der Waals surface area (Å²) < 4.78 is 41.9. The standard InChI is InChI=1S/C24H30FN3O4S/c25-20-13-7-8-14-22(20)33(31,32)28-21(17-18-9-3-1-4-10-18)24(30)27-16-15-26-23(29)19-11-5-2-6-12-19/h1,3-4,7-10,13-14,19,21,28H,2,5-6,11-12,15-17H2,(H,26,29)(H,27,30). The number of halogens is 1. The van der Waals surface area contributed by atoms with Crippen LogP contribution < -0.4 is 15.4 Å². The summed E-state index contributed by atoms with van der Waals surface area (Å²) in [4.78, 5) is 24.6. The van der Waals surface area contributed by atoms with E-state index in [1.807, 2.05) is 6.07 Å². The van der Waals surface area contributed by atoms with Crippen LogP contribution in [0.2, 0.25) is 0 Å². The van der Waals surface area contributed by atoms with Gasteiger partial charge < -0.3 is 10.6 Å². The molecule has 1 fully saturated rings. The smallest absolute Gasteiger partial charge is 0.244 e. The van der Waals surface area contributed by atoms with Gasteiger partial charge in [-0.2, -0.15) is 4.72 Å². The van der Waals surface area contributed by atoms with E-state index in [1.54, 1.807) is 24.3 Å². The lowest BCUT2D eigenvalue weighted by molar-refractivity contribution is -0.126. The molecule has 0 heterocycles. The van der Waals surface area contributed by atoms with E-state index in [2.05, 4.69) is 15.4 Å². The maximum Gasteiger partial charge on any atom is 0.244 e. The molecule has 1 saturated carbocycles. The minimum Gasteiger partial charge on any atom is -0.354 e. The van der Waals surface area contributed by atoms with Gasteiger partial charge in [0, 0.05) is 19.0 Å². The van der Waals surface area contributed by atoms with Crippen LogP contribution in [-0.2, 0) is 26.0 Å². The van der Waals surface area contributed by atoms with E-state index in [0.29, 0.717) is 0 Å². The zero-order chi connectivity index (χ0) is 23.7. The predicted molar refractivity (Wildman–Crippen MR) is 123 cm³/mol. The van der Waals surface area contributed by atoms with Gasteiger partial charge in [-0.3, -0.25) is 9.59 Å². The van der Waals surface area contributed by atoms with Crippen LogP contribution in [0.4, 0.5) is 4.39 Å². The lowest BCUT2D eigenvalue weighted by atomic mass is 9.89. The highest BCUT2D eigenvalue weighted by Crippen LogP contribution is 2.23. The van der Waals surface area contributed by atoms with E-state index >= 15 is 0 Å². The van der Waals surface area contributed by atoms with Crippen molar-refractivity contribution in [2.45, 2.75) is 49.5 Å². The molecule has 0 spiro atoms. The van der Waals surface area contributed by atoms with Crippen molar-refractivity contribution in [2.24, 2.45) is 5.92 Å². The Bertz CT molecular complexity index is 1040. The van der Waals surface area contributed by atoms with E-state index < -0.39 is 32.7 Å². The van der Waals surface area contributed by atoms with Crippen LogP contribution in [0.5, 0.6) is 0 Å². The fourth-order valence-corrected chi connectivity index (χ4v) is 5.23. The molecule has 3 rings (SSSR count). The molecule has 1 aliphatic rings. The normalized spacial score (nSPS) is 15.5. The Hall–Kier alpha value is -2.78. The minimum absolute atomic E-state index is 0.00922. The van der Waals surface area contributed by atoms with Gasteiger partial charge in [0.15, 0.2) is 0 Å². The molecule has 9 heteroatoms. The van der Waals surface area contributed by atoms with Crippen LogP contribution in [0.3, 0.4) is 0 Å². The van der Waals surface area contributed by atoms with Crippen LogP contribution in [-0.4, -0.2) is 39.4 Å². The molecule has 0 aliphatic heterocycles. The number of benzene rings is 2. The largest absolute Gasteiger partial charge is 0.354 e. The van der Waals surface area contributed by atoms with Crippen LogP contribution >= 0.6 is 0 Å². The molecule has 3 N–H and O–H groups in total. The average molecular weight is 476 g/mol. The van der Waals surface area contributed by atoms with E-state index in [0.717, 1.165) is 49.8 Å². The third-order valence-corrected chi connectivity index (χ3v) is 7.23. The van der Waals surface area contributed by atoms with Gasteiger partial charge in [0.1, 0.15) is 16.8 Å². The topological polar surface area (TPSA) is 104 Å². The second-order valence-electron chi connectivity index (χ2n) is 8.21. The molecule has 2 aromatic carbocycles. The van der Waals surface area contributed by atoms with Crippen LogP contribution in [0.1, 0.15) is 37.7 Å². The molecule has 0 saturated heterocycles. The Morgan fingerprint density at radius 3 is 2.24 bits per heavy atom. The number of hydrogen-bond acceptors (Lipinski definition) is 4. The molecule has 7 nitrogen and oxygen atoms in total. The first-order chi connectivity index (χ1) is 15.9. The molecule has 2 amide bonds. The van der Waals surface area contributed by atoms with E-state index in [-0.39, 0.29) is 31.3 Å². The van der Waals surface area contributed by atoms with E-state index in [4.69, 9.17) is 0 Å². The number of amides is 2. The number of sulfonamides is 1. The molecule has 1 unspecified atom stereocenters. The molecule has 0 radical (unpaired) electrons. The van der Waals surface area contributed by atoms with E-state index in [9.17, 15) is 22.4 Å². The first-order valence-corrected chi connectivity index (χ1v) is 12.7. The first-order valence-electron chi connectivity index (χ1n) is 11.2. The minimum atomic E-state index is -4.27. The highest BCUT2D eigenvalue weighted by atomic mass is 32.2. The van der Waals surface area contributed by atoms with Gasteiger partial charge in [0.25, 0.3) is 0 Å². The van der Waals surface area contributed by atoms with Crippen molar-refractivity contribution in [1.29, 1.82) is 0 Å². The van der Waals surface area contributed by atoms with Gasteiger partial charge in [-0.1, -0.05) is 61.7 Å². The lowest BCUT2D eigenvalue weighted by Crippen LogP contribution is -2.49. The molecule has 1 atom stereocenters. The molecular weight excluding hydrogens is 445 g/mol. The summed E-state index contributed by atoms with van der Waals surface area (Å²) in [5.41, 5.74) is 0.750.